The molecule has 8 nitrogen and oxygen atoms in total. The zero-order chi connectivity index (χ0) is 69.8. The van der Waals surface area contributed by atoms with Gasteiger partial charge in [0.05, 0.1) is 46.7 Å². The molecule has 95 heavy (non-hydrogen) atoms. The quantitative estimate of drug-likeness (QED) is 0.0939. The second-order valence-corrected chi connectivity index (χ2v) is 35.8. The van der Waals surface area contributed by atoms with E-state index in [1.54, 1.807) is 0 Å². The normalized spacial score (nSPS) is 13.2. The predicted molar refractivity (Wildman–Crippen MR) is 409 cm³/mol. The standard InChI is InChI=1S/C87H112N4O4/c1-80(2,3)52-86(19,20)58-46-68(78(92)74(48-58)90-70-34-28-54(82(7,8)9)42-62(70)63-43-55(83(10,11)12)29-35-71(63)90)66-50-60(88(23)24)32-38-76(66)94-40-27-41-95-77-39-33-61(89(25)26)51-67(77)69-47-59(87(21,22)53-81(4,5)6)49-75(79(69)93)91-72-36-30-56(84(13,14)15)44-64(72)65-45-57(85(16,17)18)31-37-73(65)91/h28-39,42-51,92-93H,27,40-41,52-53H2,1-26H3. The van der Waals surface area contributed by atoms with Crippen molar-refractivity contribution >= 4 is 55.0 Å². The maximum atomic E-state index is 13.3. The van der Waals surface area contributed by atoms with Gasteiger partial charge in [0.15, 0.2) is 0 Å². The molecule has 0 amide bonds. The summed E-state index contributed by atoms with van der Waals surface area (Å²) >= 11 is 0. The van der Waals surface area contributed by atoms with E-state index in [9.17, 15) is 10.2 Å². The molecule has 0 bridgehead atoms. The van der Waals surface area contributed by atoms with Crippen LogP contribution in [0.2, 0.25) is 0 Å². The topological polar surface area (TPSA) is 75.3 Å². The summed E-state index contributed by atoms with van der Waals surface area (Å²) < 4.78 is 18.5. The molecule has 10 rings (SSSR count). The van der Waals surface area contributed by atoms with Crippen LogP contribution >= 0.6 is 0 Å². The van der Waals surface area contributed by atoms with Crippen LogP contribution in [0.3, 0.4) is 0 Å². The average molecular weight is 1280 g/mol. The molecule has 2 N–H and O–H groups in total. The summed E-state index contributed by atoms with van der Waals surface area (Å²) in [4.78, 5) is 4.21. The van der Waals surface area contributed by atoms with E-state index in [1.807, 2.05) is 0 Å². The van der Waals surface area contributed by atoms with Gasteiger partial charge in [0.1, 0.15) is 23.0 Å². The van der Waals surface area contributed by atoms with Crippen LogP contribution in [0.5, 0.6) is 23.0 Å². The van der Waals surface area contributed by atoms with Crippen LogP contribution in [-0.2, 0) is 32.5 Å². The maximum absolute atomic E-state index is 13.3. The lowest BCUT2D eigenvalue weighted by atomic mass is 9.71. The number of phenolic OH excluding ortho intramolecular Hbond substituents is 2. The van der Waals surface area contributed by atoms with Gasteiger partial charge in [-0.15, -0.1) is 0 Å². The summed E-state index contributed by atoms with van der Waals surface area (Å²) in [5, 5.41) is 31.3. The molecule has 0 radical (unpaired) electrons. The predicted octanol–water partition coefficient (Wildman–Crippen LogP) is 23.2. The first-order valence-electron chi connectivity index (χ1n) is 34.7. The van der Waals surface area contributed by atoms with Gasteiger partial charge in [-0.2, -0.15) is 0 Å². The number of anilines is 2. The molecule has 8 aromatic carbocycles. The molecule has 504 valence electrons. The van der Waals surface area contributed by atoms with Gasteiger partial charge in [-0.25, -0.2) is 0 Å². The third-order valence-electron chi connectivity index (χ3n) is 19.5. The van der Waals surface area contributed by atoms with E-state index in [2.05, 4.69) is 333 Å². The van der Waals surface area contributed by atoms with Crippen molar-refractivity contribution in [3.05, 3.63) is 167 Å². The Morgan fingerprint density at radius 1 is 0.326 bits per heavy atom. The first-order chi connectivity index (χ1) is 43.8. The van der Waals surface area contributed by atoms with Gasteiger partial charge >= 0.3 is 0 Å². The van der Waals surface area contributed by atoms with Gasteiger partial charge in [0.2, 0.25) is 0 Å². The fourth-order valence-electron chi connectivity index (χ4n) is 14.7. The van der Waals surface area contributed by atoms with Crippen molar-refractivity contribution in [2.75, 3.05) is 51.2 Å². The summed E-state index contributed by atoms with van der Waals surface area (Å²) in [5.74, 6) is 1.73. The monoisotopic (exact) mass is 1280 g/mol. The lowest BCUT2D eigenvalue weighted by Gasteiger charge is -2.34. The van der Waals surface area contributed by atoms with E-state index in [0.29, 0.717) is 42.3 Å². The number of ether oxygens (including phenoxy) is 2. The molecule has 0 saturated heterocycles. The molecule has 0 atom stereocenters. The Morgan fingerprint density at radius 2 is 0.611 bits per heavy atom. The highest BCUT2D eigenvalue weighted by Gasteiger charge is 2.34. The van der Waals surface area contributed by atoms with Crippen LogP contribution in [0, 0.1) is 10.8 Å². The van der Waals surface area contributed by atoms with Crippen molar-refractivity contribution in [1.82, 2.24) is 9.13 Å². The minimum atomic E-state index is -0.283. The number of rotatable bonds is 16. The van der Waals surface area contributed by atoms with Gasteiger partial charge in [-0.1, -0.05) is 177 Å². The van der Waals surface area contributed by atoms with E-state index in [1.165, 1.54) is 43.8 Å². The number of fused-ring (bicyclic) bond motifs is 6. The van der Waals surface area contributed by atoms with Crippen molar-refractivity contribution in [1.29, 1.82) is 0 Å². The van der Waals surface area contributed by atoms with Crippen molar-refractivity contribution in [3.8, 4) is 56.6 Å². The van der Waals surface area contributed by atoms with E-state index in [-0.39, 0.29) is 54.8 Å². The SMILES string of the molecule is CN(C)c1ccc(OCCCOc2ccc(N(C)C)cc2-c2cc(C(C)(C)CC(C)(C)C)cc(-n3c4ccc(C(C)(C)C)cc4c4cc(C(C)(C)C)ccc43)c2O)c(-c2cc(C(C)(C)CC(C)(C)C)cc(-n3c4ccc(C(C)(C)C)cc4c4cc(C(C)(C)C)ccc43)c2O)c1. The van der Waals surface area contributed by atoms with Gasteiger partial charge in [-0.05, 0) is 199 Å². The number of phenols is 2. The number of hydrogen-bond donors (Lipinski definition) is 2. The zero-order valence-corrected chi connectivity index (χ0v) is 62.7. The highest BCUT2D eigenvalue weighted by atomic mass is 16.5. The molecule has 2 aromatic heterocycles. The molecular weight excluding hydrogens is 1160 g/mol. The molecule has 0 saturated carbocycles. The molecule has 8 heteroatoms. The van der Waals surface area contributed by atoms with Crippen LogP contribution in [-0.4, -0.2) is 60.8 Å². The van der Waals surface area contributed by atoms with Crippen LogP contribution in [0.25, 0.3) is 77.2 Å². The minimum Gasteiger partial charge on any atom is -0.505 e. The molecular formula is C87H112N4O4. The van der Waals surface area contributed by atoms with Gasteiger partial charge in [0, 0.05) is 89.8 Å². The lowest BCUT2D eigenvalue weighted by Crippen LogP contribution is -2.25. The van der Waals surface area contributed by atoms with E-state index < -0.39 is 0 Å². The van der Waals surface area contributed by atoms with E-state index in [4.69, 9.17) is 9.47 Å². The smallest absolute Gasteiger partial charge is 0.147 e. The fourth-order valence-corrected chi connectivity index (χ4v) is 14.7. The van der Waals surface area contributed by atoms with Crippen LogP contribution in [0.1, 0.15) is 205 Å². The maximum Gasteiger partial charge on any atom is 0.147 e. The Hall–Kier alpha value is -7.84. The number of aromatic hydroxyl groups is 2. The van der Waals surface area contributed by atoms with Gasteiger partial charge in [0.25, 0.3) is 0 Å². The Bertz CT molecular complexity index is 4110. The molecule has 0 aliphatic heterocycles. The molecule has 0 fully saturated rings. The van der Waals surface area contributed by atoms with Crippen LogP contribution in [0.15, 0.2) is 133 Å². The van der Waals surface area contributed by atoms with Crippen molar-refractivity contribution < 1.29 is 19.7 Å². The minimum absolute atomic E-state index is 0.0233. The molecule has 0 aliphatic carbocycles. The van der Waals surface area contributed by atoms with E-state index >= 15 is 0 Å². The molecule has 0 aliphatic rings. The van der Waals surface area contributed by atoms with Crippen molar-refractivity contribution in [2.24, 2.45) is 10.8 Å². The lowest BCUT2D eigenvalue weighted by molar-refractivity contribution is 0.248. The zero-order valence-electron chi connectivity index (χ0n) is 62.7. The molecule has 10 aromatic rings. The highest BCUT2D eigenvalue weighted by Crippen LogP contribution is 2.51. The average Bonchev–Trinajstić information content (AvgIpc) is 1.62. The molecule has 0 unspecified atom stereocenters. The summed E-state index contributed by atoms with van der Waals surface area (Å²) in [5.41, 5.74) is 17.2. The first-order valence-corrected chi connectivity index (χ1v) is 34.7. The Labute approximate surface area is 570 Å². The van der Waals surface area contributed by atoms with Crippen LogP contribution < -0.4 is 19.3 Å². The van der Waals surface area contributed by atoms with Crippen LogP contribution in [0.4, 0.5) is 11.4 Å². The molecule has 0 spiro atoms. The largest absolute Gasteiger partial charge is 0.505 e. The third-order valence-corrected chi connectivity index (χ3v) is 19.5. The van der Waals surface area contributed by atoms with Crippen molar-refractivity contribution in [2.45, 2.75) is 204 Å². The third kappa shape index (κ3) is 14.4. The first kappa shape index (κ1) is 70.0. The van der Waals surface area contributed by atoms with E-state index in [0.717, 1.165) is 79.9 Å². The Morgan fingerprint density at radius 3 is 0.863 bits per heavy atom. The summed E-state index contributed by atoms with van der Waals surface area (Å²) in [7, 11) is 8.22. The summed E-state index contributed by atoms with van der Waals surface area (Å²) in [6.45, 7) is 51.2. The van der Waals surface area contributed by atoms with Gasteiger partial charge in [-0.3, -0.25) is 0 Å². The molecule has 2 heterocycles. The van der Waals surface area contributed by atoms with Gasteiger partial charge < -0.3 is 38.6 Å². The highest BCUT2D eigenvalue weighted by molar-refractivity contribution is 6.11. The second-order valence-electron chi connectivity index (χ2n) is 35.8. The fraction of sp³-hybridized carbons (Fsp3) is 0.448. The number of hydrogen-bond acceptors (Lipinski definition) is 6. The Balaban J connectivity index is 1.07. The Kier molecular flexibility index (Phi) is 18.2. The number of nitrogens with zero attached hydrogens (tertiary/aromatic N) is 4. The second kappa shape index (κ2) is 24.7. The summed E-state index contributed by atoms with van der Waals surface area (Å²) in [6, 6.07) is 49.0. The number of benzene rings is 8. The van der Waals surface area contributed by atoms with Crippen molar-refractivity contribution in [3.63, 3.8) is 0 Å². The summed E-state index contributed by atoms with van der Waals surface area (Å²) in [6.07, 6.45) is 2.39. The number of aromatic nitrogens is 2.